The number of carbonyl (C=O) groups excluding carboxylic acids is 1. The Balaban J connectivity index is 2.21. The molecular formula is C14H20BrNO3. The van der Waals surface area contributed by atoms with Crippen molar-refractivity contribution in [3.63, 3.8) is 0 Å². The quantitative estimate of drug-likeness (QED) is 0.543. The molecule has 0 aliphatic carbocycles. The van der Waals surface area contributed by atoms with Crippen LogP contribution in [0, 0.1) is 0 Å². The molecule has 0 bridgehead atoms. The van der Waals surface area contributed by atoms with Gasteiger partial charge in [-0.05, 0) is 30.7 Å². The molecule has 0 spiro atoms. The van der Waals surface area contributed by atoms with E-state index in [1.807, 2.05) is 31.3 Å². The molecule has 0 radical (unpaired) electrons. The van der Waals surface area contributed by atoms with Gasteiger partial charge in [0.05, 0.1) is 13.7 Å². The van der Waals surface area contributed by atoms with E-state index in [1.54, 1.807) is 12.0 Å². The summed E-state index contributed by atoms with van der Waals surface area (Å²) < 4.78 is 10.7. The molecule has 0 saturated carbocycles. The molecule has 0 fully saturated rings. The van der Waals surface area contributed by atoms with Crippen molar-refractivity contribution < 1.29 is 14.3 Å². The number of hydrogen-bond acceptors (Lipinski definition) is 3. The van der Waals surface area contributed by atoms with Crippen LogP contribution in [0.5, 0.6) is 11.5 Å². The molecule has 4 nitrogen and oxygen atoms in total. The molecule has 5 heteroatoms. The van der Waals surface area contributed by atoms with E-state index in [-0.39, 0.29) is 5.91 Å². The number of ether oxygens (including phenoxy) is 2. The van der Waals surface area contributed by atoms with E-state index in [4.69, 9.17) is 9.47 Å². The smallest absolute Gasteiger partial charge is 0.223 e. The first-order chi connectivity index (χ1) is 9.17. The molecule has 1 aromatic carbocycles. The maximum atomic E-state index is 11.5. The van der Waals surface area contributed by atoms with Gasteiger partial charge in [0.1, 0.15) is 11.5 Å². The van der Waals surface area contributed by atoms with Gasteiger partial charge in [0, 0.05) is 25.3 Å². The average Bonchev–Trinajstić information content (AvgIpc) is 2.44. The van der Waals surface area contributed by atoms with E-state index in [9.17, 15) is 4.79 Å². The summed E-state index contributed by atoms with van der Waals surface area (Å²) in [5.41, 5.74) is 0. The largest absolute Gasteiger partial charge is 0.497 e. The fourth-order valence-electron chi connectivity index (χ4n) is 1.56. The van der Waals surface area contributed by atoms with Crippen LogP contribution in [0.25, 0.3) is 0 Å². The summed E-state index contributed by atoms with van der Waals surface area (Å²) in [5.74, 6) is 1.78. The molecule has 0 unspecified atom stereocenters. The Kier molecular flexibility index (Phi) is 7.33. The summed E-state index contributed by atoms with van der Waals surface area (Å²) in [6.45, 7) is 1.31. The zero-order chi connectivity index (χ0) is 14.1. The van der Waals surface area contributed by atoms with Crippen molar-refractivity contribution in [3.8, 4) is 11.5 Å². The SMILES string of the molecule is COc1ccc(OCCCN(C)C(=O)CCBr)cc1. The van der Waals surface area contributed by atoms with Crippen molar-refractivity contribution in [3.05, 3.63) is 24.3 Å². The topological polar surface area (TPSA) is 38.8 Å². The molecule has 0 heterocycles. The Morgan fingerprint density at radius 2 is 1.89 bits per heavy atom. The molecule has 106 valence electrons. The predicted molar refractivity (Wildman–Crippen MR) is 79.2 cm³/mol. The van der Waals surface area contributed by atoms with Crippen LogP contribution in [-0.2, 0) is 4.79 Å². The van der Waals surface area contributed by atoms with Gasteiger partial charge in [-0.15, -0.1) is 0 Å². The third-order valence-corrected chi connectivity index (χ3v) is 3.10. The van der Waals surface area contributed by atoms with Gasteiger partial charge in [0.15, 0.2) is 0 Å². The second-order valence-corrected chi connectivity index (χ2v) is 4.92. The van der Waals surface area contributed by atoms with Crippen molar-refractivity contribution in [1.82, 2.24) is 4.90 Å². The maximum Gasteiger partial charge on any atom is 0.223 e. The normalized spacial score (nSPS) is 10.1. The lowest BCUT2D eigenvalue weighted by Crippen LogP contribution is -2.28. The highest BCUT2D eigenvalue weighted by molar-refractivity contribution is 9.09. The summed E-state index contributed by atoms with van der Waals surface area (Å²) in [6, 6.07) is 7.47. The van der Waals surface area contributed by atoms with Gasteiger partial charge in [-0.25, -0.2) is 0 Å². The number of alkyl halides is 1. The lowest BCUT2D eigenvalue weighted by atomic mass is 10.3. The number of benzene rings is 1. The molecule has 19 heavy (non-hydrogen) atoms. The number of rotatable bonds is 8. The van der Waals surface area contributed by atoms with E-state index in [0.29, 0.717) is 24.9 Å². The van der Waals surface area contributed by atoms with Crippen molar-refractivity contribution in [2.75, 3.05) is 32.6 Å². The zero-order valence-electron chi connectivity index (χ0n) is 11.4. The lowest BCUT2D eigenvalue weighted by molar-refractivity contribution is -0.129. The third-order valence-electron chi connectivity index (χ3n) is 2.70. The Bertz CT molecular complexity index is 381. The highest BCUT2D eigenvalue weighted by Gasteiger charge is 2.06. The average molecular weight is 330 g/mol. The Morgan fingerprint density at radius 1 is 1.26 bits per heavy atom. The van der Waals surface area contributed by atoms with E-state index in [2.05, 4.69) is 15.9 Å². The molecule has 1 rings (SSSR count). The standard InChI is InChI=1S/C14H20BrNO3/c1-16(14(17)8-9-15)10-3-11-19-13-6-4-12(18-2)5-7-13/h4-7H,3,8-11H2,1-2H3. The van der Waals surface area contributed by atoms with Crippen LogP contribution in [0.2, 0.25) is 0 Å². The maximum absolute atomic E-state index is 11.5. The summed E-state index contributed by atoms with van der Waals surface area (Å²) in [5, 5.41) is 0.707. The molecule has 0 aromatic heterocycles. The Labute approximate surface area is 122 Å². The number of carbonyl (C=O) groups is 1. The number of nitrogens with zero attached hydrogens (tertiary/aromatic N) is 1. The molecular weight excluding hydrogens is 310 g/mol. The van der Waals surface area contributed by atoms with E-state index >= 15 is 0 Å². The van der Waals surface area contributed by atoms with Gasteiger partial charge in [-0.3, -0.25) is 4.79 Å². The molecule has 0 N–H and O–H groups in total. The van der Waals surface area contributed by atoms with E-state index in [0.717, 1.165) is 17.9 Å². The van der Waals surface area contributed by atoms with Crippen LogP contribution < -0.4 is 9.47 Å². The number of amides is 1. The fourth-order valence-corrected chi connectivity index (χ4v) is 1.90. The van der Waals surface area contributed by atoms with Gasteiger partial charge in [-0.1, -0.05) is 15.9 Å². The van der Waals surface area contributed by atoms with Crippen LogP contribution in [0.1, 0.15) is 12.8 Å². The summed E-state index contributed by atoms with van der Waals surface area (Å²) >= 11 is 3.26. The highest BCUT2D eigenvalue weighted by Crippen LogP contribution is 2.17. The van der Waals surface area contributed by atoms with Gasteiger partial charge in [-0.2, -0.15) is 0 Å². The predicted octanol–water partition coefficient (Wildman–Crippen LogP) is 2.71. The summed E-state index contributed by atoms with van der Waals surface area (Å²) in [7, 11) is 3.45. The van der Waals surface area contributed by atoms with Crippen LogP contribution in [0.3, 0.4) is 0 Å². The Hall–Kier alpha value is -1.23. The van der Waals surface area contributed by atoms with Crippen LogP contribution in [0.4, 0.5) is 0 Å². The van der Waals surface area contributed by atoms with Gasteiger partial charge < -0.3 is 14.4 Å². The summed E-state index contributed by atoms with van der Waals surface area (Å²) in [6.07, 6.45) is 1.35. The molecule has 0 atom stereocenters. The van der Waals surface area contributed by atoms with E-state index < -0.39 is 0 Å². The zero-order valence-corrected chi connectivity index (χ0v) is 13.0. The van der Waals surface area contributed by atoms with E-state index in [1.165, 1.54) is 0 Å². The summed E-state index contributed by atoms with van der Waals surface area (Å²) in [4.78, 5) is 13.3. The first-order valence-corrected chi connectivity index (χ1v) is 7.36. The van der Waals surface area contributed by atoms with Crippen molar-refractivity contribution >= 4 is 21.8 Å². The molecule has 0 aliphatic heterocycles. The van der Waals surface area contributed by atoms with Gasteiger partial charge in [0.25, 0.3) is 0 Å². The minimum atomic E-state index is 0.154. The molecule has 1 amide bonds. The van der Waals surface area contributed by atoms with Crippen molar-refractivity contribution in [2.24, 2.45) is 0 Å². The van der Waals surface area contributed by atoms with Crippen molar-refractivity contribution in [2.45, 2.75) is 12.8 Å². The minimum absolute atomic E-state index is 0.154. The highest BCUT2D eigenvalue weighted by atomic mass is 79.9. The fraction of sp³-hybridized carbons (Fsp3) is 0.500. The Morgan fingerprint density at radius 3 is 2.47 bits per heavy atom. The molecule has 1 aromatic rings. The first kappa shape index (κ1) is 15.8. The minimum Gasteiger partial charge on any atom is -0.497 e. The second kappa shape index (κ2) is 8.80. The lowest BCUT2D eigenvalue weighted by Gasteiger charge is -2.16. The van der Waals surface area contributed by atoms with Gasteiger partial charge in [0.2, 0.25) is 5.91 Å². The van der Waals surface area contributed by atoms with Crippen LogP contribution in [0.15, 0.2) is 24.3 Å². The first-order valence-electron chi connectivity index (χ1n) is 6.24. The second-order valence-electron chi connectivity index (χ2n) is 4.13. The van der Waals surface area contributed by atoms with Crippen LogP contribution in [-0.4, -0.2) is 43.4 Å². The molecule has 0 aliphatic rings. The third kappa shape index (κ3) is 5.96. The monoisotopic (exact) mass is 329 g/mol. The molecule has 0 saturated heterocycles. The van der Waals surface area contributed by atoms with Crippen molar-refractivity contribution in [1.29, 1.82) is 0 Å². The number of halogens is 1. The van der Waals surface area contributed by atoms with Gasteiger partial charge >= 0.3 is 0 Å². The number of methoxy groups -OCH3 is 1. The van der Waals surface area contributed by atoms with Crippen LogP contribution >= 0.6 is 15.9 Å². The number of hydrogen-bond donors (Lipinski definition) is 0.